The average Bonchev–Trinajstić information content (AvgIpc) is 2.56. The number of carbonyl (C=O) groups excluding carboxylic acids is 2. The first-order valence-electron chi connectivity index (χ1n) is 7.26. The molecule has 26 heavy (non-hydrogen) atoms. The lowest BCUT2D eigenvalue weighted by Crippen LogP contribution is -2.28. The highest BCUT2D eigenvalue weighted by molar-refractivity contribution is 7.89. The van der Waals surface area contributed by atoms with Crippen LogP contribution in [0, 0.1) is 0 Å². The van der Waals surface area contributed by atoms with Crippen LogP contribution in [-0.4, -0.2) is 42.0 Å². The maximum atomic E-state index is 11.9. The van der Waals surface area contributed by atoms with Gasteiger partial charge in [-0.15, -0.1) is 0 Å². The van der Waals surface area contributed by atoms with Gasteiger partial charge in [-0.3, -0.25) is 9.59 Å². The summed E-state index contributed by atoms with van der Waals surface area (Å²) in [7, 11) is -3.99. The summed E-state index contributed by atoms with van der Waals surface area (Å²) in [6.45, 7) is -0.0731. The van der Waals surface area contributed by atoms with Crippen LogP contribution in [0.3, 0.4) is 0 Å². The number of pyridine rings is 1. The van der Waals surface area contributed by atoms with Gasteiger partial charge in [0.15, 0.2) is 5.69 Å². The summed E-state index contributed by atoms with van der Waals surface area (Å²) in [5.41, 5.74) is -0.304. The van der Waals surface area contributed by atoms with Gasteiger partial charge in [0.05, 0.1) is 10.6 Å². The number of hydrogen-bond acceptors (Lipinski definition) is 7. The van der Waals surface area contributed by atoms with E-state index in [1.165, 1.54) is 18.3 Å². The number of benzene rings is 1. The summed E-state index contributed by atoms with van der Waals surface area (Å²) in [5.74, 6) is -1.88. The molecule has 0 aliphatic carbocycles. The second-order valence-electron chi connectivity index (χ2n) is 5.15. The zero-order valence-corrected chi connectivity index (χ0v) is 14.2. The van der Waals surface area contributed by atoms with Crippen LogP contribution in [0.2, 0.25) is 0 Å². The van der Waals surface area contributed by atoms with Crippen LogP contribution in [0.1, 0.15) is 16.9 Å². The molecule has 11 heteroatoms. The highest BCUT2D eigenvalue weighted by Crippen LogP contribution is 2.25. The molecule has 2 amide bonds. The Bertz CT molecular complexity index is 945. The van der Waals surface area contributed by atoms with Crippen LogP contribution in [0.15, 0.2) is 41.4 Å². The van der Waals surface area contributed by atoms with Gasteiger partial charge in [-0.25, -0.2) is 18.5 Å². The molecule has 0 aliphatic heterocycles. The standard InChI is InChI=1S/C15H16N4O6S/c16-26(24,25)9-3-4-11(20)10(8-9)19-13(22)5-7-18-15(23)14-12(21)2-1-6-17-14/h1-4,6,8,20-21H,5,7H2,(H,18,23)(H,19,22)(H2,16,24,25). The molecule has 138 valence electrons. The molecule has 0 bridgehead atoms. The number of nitrogens with two attached hydrogens (primary N) is 1. The molecule has 1 aromatic heterocycles. The van der Waals surface area contributed by atoms with E-state index >= 15 is 0 Å². The fourth-order valence-electron chi connectivity index (χ4n) is 1.95. The molecule has 0 saturated carbocycles. The van der Waals surface area contributed by atoms with E-state index in [-0.39, 0.29) is 40.7 Å². The Balaban J connectivity index is 1.93. The number of aromatic nitrogens is 1. The third-order valence-corrected chi connectivity index (χ3v) is 4.12. The zero-order valence-electron chi connectivity index (χ0n) is 13.3. The normalized spacial score (nSPS) is 11.0. The molecule has 0 spiro atoms. The van der Waals surface area contributed by atoms with E-state index in [1.54, 1.807) is 0 Å². The minimum atomic E-state index is -3.99. The smallest absolute Gasteiger partial charge is 0.273 e. The highest BCUT2D eigenvalue weighted by Gasteiger charge is 2.14. The number of primary sulfonamides is 1. The number of carbonyl (C=O) groups is 2. The van der Waals surface area contributed by atoms with Crippen molar-refractivity contribution in [3.63, 3.8) is 0 Å². The molecule has 1 heterocycles. The Morgan fingerprint density at radius 3 is 2.54 bits per heavy atom. The first-order valence-corrected chi connectivity index (χ1v) is 8.81. The van der Waals surface area contributed by atoms with Crippen molar-refractivity contribution in [2.45, 2.75) is 11.3 Å². The van der Waals surface area contributed by atoms with Crippen LogP contribution < -0.4 is 15.8 Å². The van der Waals surface area contributed by atoms with Gasteiger partial charge in [-0.1, -0.05) is 0 Å². The maximum Gasteiger partial charge on any atom is 0.273 e. The summed E-state index contributed by atoms with van der Waals surface area (Å²) in [6, 6.07) is 5.96. The van der Waals surface area contributed by atoms with Crippen LogP contribution in [-0.2, 0) is 14.8 Å². The maximum absolute atomic E-state index is 11.9. The Morgan fingerprint density at radius 2 is 1.88 bits per heavy atom. The molecular weight excluding hydrogens is 364 g/mol. The predicted octanol–water partition coefficient (Wildman–Crippen LogP) is -0.101. The summed E-state index contributed by atoms with van der Waals surface area (Å²) >= 11 is 0. The minimum absolute atomic E-state index is 0.0731. The minimum Gasteiger partial charge on any atom is -0.506 e. The molecule has 1 aromatic carbocycles. The first kappa shape index (κ1) is 19.1. The number of amides is 2. The fraction of sp³-hybridized carbons (Fsp3) is 0.133. The third-order valence-electron chi connectivity index (χ3n) is 3.21. The van der Waals surface area contributed by atoms with E-state index in [0.717, 1.165) is 18.2 Å². The van der Waals surface area contributed by atoms with E-state index in [4.69, 9.17) is 5.14 Å². The topological polar surface area (TPSA) is 172 Å². The van der Waals surface area contributed by atoms with Crippen molar-refractivity contribution in [1.82, 2.24) is 10.3 Å². The number of sulfonamides is 1. The Kier molecular flexibility index (Phi) is 5.75. The number of aromatic hydroxyl groups is 2. The molecule has 10 nitrogen and oxygen atoms in total. The number of phenols is 1. The van der Waals surface area contributed by atoms with Crippen LogP contribution in [0.25, 0.3) is 0 Å². The van der Waals surface area contributed by atoms with Gasteiger partial charge in [0.1, 0.15) is 11.5 Å². The number of nitrogens with one attached hydrogen (secondary N) is 2. The van der Waals surface area contributed by atoms with Crippen LogP contribution in [0.5, 0.6) is 11.5 Å². The van der Waals surface area contributed by atoms with Crippen molar-refractivity contribution >= 4 is 27.5 Å². The molecule has 6 N–H and O–H groups in total. The Hall–Kier alpha value is -3.18. The second kappa shape index (κ2) is 7.80. The number of anilines is 1. The lowest BCUT2D eigenvalue weighted by Gasteiger charge is -2.09. The summed E-state index contributed by atoms with van der Waals surface area (Å²) in [6.07, 6.45) is 1.17. The summed E-state index contributed by atoms with van der Waals surface area (Å²) in [5, 5.41) is 28.9. The summed E-state index contributed by atoms with van der Waals surface area (Å²) < 4.78 is 22.6. The SMILES string of the molecule is NS(=O)(=O)c1ccc(O)c(NC(=O)CCNC(=O)c2ncccc2O)c1. The van der Waals surface area contributed by atoms with E-state index in [2.05, 4.69) is 15.6 Å². The van der Waals surface area contributed by atoms with Crippen molar-refractivity contribution < 1.29 is 28.2 Å². The van der Waals surface area contributed by atoms with Crippen molar-refractivity contribution in [1.29, 1.82) is 0 Å². The molecule has 2 rings (SSSR count). The Labute approximate surface area is 148 Å². The lowest BCUT2D eigenvalue weighted by molar-refractivity contribution is -0.116. The van der Waals surface area contributed by atoms with E-state index in [9.17, 15) is 28.2 Å². The highest BCUT2D eigenvalue weighted by atomic mass is 32.2. The van der Waals surface area contributed by atoms with E-state index in [0.29, 0.717) is 0 Å². The molecule has 0 unspecified atom stereocenters. The number of hydrogen-bond donors (Lipinski definition) is 5. The molecule has 0 atom stereocenters. The quantitative estimate of drug-likeness (QED) is 0.435. The van der Waals surface area contributed by atoms with Gasteiger partial charge >= 0.3 is 0 Å². The largest absolute Gasteiger partial charge is 0.506 e. The first-order chi connectivity index (χ1) is 12.2. The van der Waals surface area contributed by atoms with Gasteiger partial charge in [-0.2, -0.15) is 0 Å². The molecular formula is C15H16N4O6S. The number of nitrogens with zero attached hydrogens (tertiary/aromatic N) is 1. The van der Waals surface area contributed by atoms with Gasteiger partial charge in [0, 0.05) is 19.2 Å². The number of phenolic OH excluding ortho intramolecular Hbond substituents is 1. The monoisotopic (exact) mass is 380 g/mol. The molecule has 0 saturated heterocycles. The zero-order chi connectivity index (χ0) is 19.3. The predicted molar refractivity (Wildman–Crippen MR) is 91.0 cm³/mol. The average molecular weight is 380 g/mol. The van der Waals surface area contributed by atoms with E-state index in [1.807, 2.05) is 0 Å². The number of rotatable bonds is 6. The van der Waals surface area contributed by atoms with E-state index < -0.39 is 21.8 Å². The van der Waals surface area contributed by atoms with Crippen molar-refractivity contribution in [3.05, 3.63) is 42.2 Å². The molecule has 0 aliphatic rings. The lowest BCUT2D eigenvalue weighted by atomic mass is 10.2. The van der Waals surface area contributed by atoms with Crippen LogP contribution in [0.4, 0.5) is 5.69 Å². The van der Waals surface area contributed by atoms with Crippen molar-refractivity contribution in [2.75, 3.05) is 11.9 Å². The van der Waals surface area contributed by atoms with Gasteiger partial charge in [0.25, 0.3) is 5.91 Å². The third kappa shape index (κ3) is 4.91. The molecule has 0 radical (unpaired) electrons. The van der Waals surface area contributed by atoms with Gasteiger partial charge in [0.2, 0.25) is 15.9 Å². The summed E-state index contributed by atoms with van der Waals surface area (Å²) in [4.78, 5) is 27.2. The molecule has 2 aromatic rings. The second-order valence-corrected chi connectivity index (χ2v) is 6.71. The van der Waals surface area contributed by atoms with Crippen LogP contribution >= 0.6 is 0 Å². The van der Waals surface area contributed by atoms with Gasteiger partial charge in [-0.05, 0) is 30.3 Å². The Morgan fingerprint density at radius 1 is 1.15 bits per heavy atom. The van der Waals surface area contributed by atoms with Gasteiger partial charge < -0.3 is 20.8 Å². The fourth-order valence-corrected chi connectivity index (χ4v) is 2.49. The van der Waals surface area contributed by atoms with Crippen molar-refractivity contribution in [3.8, 4) is 11.5 Å². The van der Waals surface area contributed by atoms with Crippen molar-refractivity contribution in [2.24, 2.45) is 5.14 Å². The molecule has 0 fully saturated rings.